The number of para-hydroxylation sites is 1. The Hall–Kier alpha value is -1.35. The second-order valence-electron chi connectivity index (χ2n) is 4.94. The van der Waals surface area contributed by atoms with Gasteiger partial charge in [-0.05, 0) is 31.9 Å². The first-order chi connectivity index (χ1) is 7.59. The molecule has 2 aromatic rings. The molecule has 1 aromatic heterocycles. The van der Waals surface area contributed by atoms with E-state index in [-0.39, 0.29) is 11.4 Å². The highest BCUT2D eigenvalue weighted by atomic mass is 19.1. The first-order valence-corrected chi connectivity index (χ1v) is 5.64. The second-order valence-corrected chi connectivity index (χ2v) is 4.94. The molecule has 16 heavy (non-hydrogen) atoms. The van der Waals surface area contributed by atoms with Crippen LogP contribution in [-0.4, -0.2) is 11.5 Å². The third-order valence-corrected chi connectivity index (χ3v) is 3.46. The Bertz CT molecular complexity index is 554. The summed E-state index contributed by atoms with van der Waals surface area (Å²) in [6, 6.07) is 5.28. The minimum absolute atomic E-state index is 0.0982. The van der Waals surface area contributed by atoms with E-state index in [1.807, 2.05) is 6.07 Å². The van der Waals surface area contributed by atoms with Gasteiger partial charge in [0.05, 0.1) is 11.1 Å². The first-order valence-electron chi connectivity index (χ1n) is 5.64. The summed E-state index contributed by atoms with van der Waals surface area (Å²) in [7, 11) is 0. The zero-order valence-corrected chi connectivity index (χ0v) is 9.52. The van der Waals surface area contributed by atoms with Crippen LogP contribution in [0.3, 0.4) is 0 Å². The third kappa shape index (κ3) is 1.21. The normalized spacial score (nSPS) is 18.7. The monoisotopic (exact) mass is 218 g/mol. The number of aromatic nitrogens is 1. The van der Waals surface area contributed by atoms with Crippen LogP contribution in [0.15, 0.2) is 18.2 Å². The van der Waals surface area contributed by atoms with Crippen molar-refractivity contribution >= 4 is 10.9 Å². The fraction of sp³-hybridized carbons (Fsp3) is 0.385. The van der Waals surface area contributed by atoms with Crippen molar-refractivity contribution in [1.29, 1.82) is 0 Å². The van der Waals surface area contributed by atoms with Crippen molar-refractivity contribution in [3.8, 4) is 0 Å². The van der Waals surface area contributed by atoms with Gasteiger partial charge in [-0.1, -0.05) is 12.1 Å². The number of nitrogens with one attached hydrogen (secondary N) is 2. The number of aromatic amines is 1. The summed E-state index contributed by atoms with van der Waals surface area (Å²) in [6.45, 7) is 5.19. The van der Waals surface area contributed by atoms with Gasteiger partial charge in [0.15, 0.2) is 0 Å². The lowest BCUT2D eigenvalue weighted by Crippen LogP contribution is -2.42. The van der Waals surface area contributed by atoms with Gasteiger partial charge in [-0.15, -0.1) is 0 Å². The predicted molar refractivity (Wildman–Crippen MR) is 63.0 cm³/mol. The molecule has 0 amide bonds. The lowest BCUT2D eigenvalue weighted by atomic mass is 9.90. The van der Waals surface area contributed by atoms with Crippen LogP contribution < -0.4 is 5.32 Å². The van der Waals surface area contributed by atoms with Crippen LogP contribution in [0, 0.1) is 5.82 Å². The number of rotatable bonds is 0. The molecule has 0 aliphatic carbocycles. The molecule has 0 radical (unpaired) electrons. The van der Waals surface area contributed by atoms with E-state index in [1.54, 1.807) is 6.07 Å². The van der Waals surface area contributed by atoms with E-state index in [4.69, 9.17) is 0 Å². The van der Waals surface area contributed by atoms with Crippen LogP contribution in [0.4, 0.5) is 4.39 Å². The van der Waals surface area contributed by atoms with Gasteiger partial charge in [-0.2, -0.15) is 0 Å². The van der Waals surface area contributed by atoms with Crippen LogP contribution in [0.25, 0.3) is 10.9 Å². The van der Waals surface area contributed by atoms with Gasteiger partial charge in [0.2, 0.25) is 0 Å². The Labute approximate surface area is 93.9 Å². The molecular weight excluding hydrogens is 203 g/mol. The van der Waals surface area contributed by atoms with Crippen molar-refractivity contribution in [2.45, 2.75) is 25.8 Å². The first kappa shape index (κ1) is 9.85. The summed E-state index contributed by atoms with van der Waals surface area (Å²) in [4.78, 5) is 3.24. The molecule has 1 aromatic carbocycles. The average molecular weight is 218 g/mol. The molecule has 1 aliphatic heterocycles. The highest BCUT2D eigenvalue weighted by Crippen LogP contribution is 2.33. The van der Waals surface area contributed by atoms with E-state index in [0.717, 1.165) is 24.0 Å². The Morgan fingerprint density at radius 3 is 2.94 bits per heavy atom. The fourth-order valence-corrected chi connectivity index (χ4v) is 2.62. The van der Waals surface area contributed by atoms with Gasteiger partial charge in [0.25, 0.3) is 0 Å². The number of fused-ring (bicyclic) bond motifs is 3. The maximum atomic E-state index is 13.7. The van der Waals surface area contributed by atoms with Gasteiger partial charge in [0.1, 0.15) is 5.82 Å². The molecule has 2 heterocycles. The molecule has 0 saturated heterocycles. The molecule has 2 N–H and O–H groups in total. The van der Waals surface area contributed by atoms with Crippen LogP contribution in [0.1, 0.15) is 25.1 Å². The van der Waals surface area contributed by atoms with Gasteiger partial charge in [-0.25, -0.2) is 4.39 Å². The smallest absolute Gasteiger partial charge is 0.147 e. The van der Waals surface area contributed by atoms with E-state index in [9.17, 15) is 4.39 Å². The van der Waals surface area contributed by atoms with Crippen molar-refractivity contribution in [2.75, 3.05) is 6.54 Å². The molecule has 0 spiro atoms. The summed E-state index contributed by atoms with van der Waals surface area (Å²) in [5.74, 6) is -0.164. The van der Waals surface area contributed by atoms with Crippen LogP contribution in [0.2, 0.25) is 0 Å². The Morgan fingerprint density at radius 2 is 2.12 bits per heavy atom. The summed E-state index contributed by atoms with van der Waals surface area (Å²) in [5.41, 5.74) is 2.93. The fourth-order valence-electron chi connectivity index (χ4n) is 2.62. The van der Waals surface area contributed by atoms with E-state index >= 15 is 0 Å². The molecule has 1 aliphatic rings. The lowest BCUT2D eigenvalue weighted by molar-refractivity contribution is 0.374. The summed E-state index contributed by atoms with van der Waals surface area (Å²) in [5, 5.41) is 4.47. The molecule has 0 bridgehead atoms. The maximum Gasteiger partial charge on any atom is 0.147 e. The standard InChI is InChI=1S/C13H15FN2/c1-13(2)12-9(6-7-15-13)8-4-3-5-10(14)11(8)16-12/h3-5,15-16H,6-7H2,1-2H3. The van der Waals surface area contributed by atoms with E-state index in [0.29, 0.717) is 5.52 Å². The summed E-state index contributed by atoms with van der Waals surface area (Å²) in [6.07, 6.45) is 0.961. The zero-order chi connectivity index (χ0) is 11.3. The summed E-state index contributed by atoms with van der Waals surface area (Å²) < 4.78 is 13.7. The average Bonchev–Trinajstić information content (AvgIpc) is 2.60. The van der Waals surface area contributed by atoms with Crippen molar-refractivity contribution in [3.63, 3.8) is 0 Å². The third-order valence-electron chi connectivity index (χ3n) is 3.46. The quantitative estimate of drug-likeness (QED) is 0.699. The van der Waals surface area contributed by atoms with E-state index < -0.39 is 0 Å². The Balaban J connectivity index is 2.37. The molecule has 2 nitrogen and oxygen atoms in total. The number of halogens is 1. The van der Waals surface area contributed by atoms with E-state index in [2.05, 4.69) is 24.1 Å². The van der Waals surface area contributed by atoms with Gasteiger partial charge >= 0.3 is 0 Å². The van der Waals surface area contributed by atoms with E-state index in [1.165, 1.54) is 11.6 Å². The van der Waals surface area contributed by atoms with Crippen molar-refractivity contribution in [3.05, 3.63) is 35.3 Å². The SMILES string of the molecule is CC1(C)NCCc2c1[nH]c1c(F)cccc21. The largest absolute Gasteiger partial charge is 0.354 e. The number of benzene rings is 1. The molecule has 0 atom stereocenters. The Kier molecular flexibility index (Phi) is 1.89. The predicted octanol–water partition coefficient (Wildman–Crippen LogP) is 2.69. The van der Waals surface area contributed by atoms with Crippen molar-refractivity contribution in [1.82, 2.24) is 10.3 Å². The molecule has 3 heteroatoms. The number of H-pyrrole nitrogens is 1. The summed E-state index contributed by atoms with van der Waals surface area (Å²) >= 11 is 0. The van der Waals surface area contributed by atoms with Crippen LogP contribution in [0.5, 0.6) is 0 Å². The van der Waals surface area contributed by atoms with Crippen LogP contribution >= 0.6 is 0 Å². The lowest BCUT2D eigenvalue weighted by Gasteiger charge is -2.31. The maximum absolute atomic E-state index is 13.7. The number of hydrogen-bond donors (Lipinski definition) is 2. The molecule has 0 unspecified atom stereocenters. The minimum atomic E-state index is -0.164. The molecule has 84 valence electrons. The van der Waals surface area contributed by atoms with Crippen molar-refractivity contribution < 1.29 is 4.39 Å². The second kappa shape index (κ2) is 3.08. The molecule has 0 fully saturated rings. The van der Waals surface area contributed by atoms with Gasteiger partial charge < -0.3 is 10.3 Å². The minimum Gasteiger partial charge on any atom is -0.354 e. The molecule has 3 rings (SSSR count). The molecular formula is C13H15FN2. The topological polar surface area (TPSA) is 27.8 Å². The zero-order valence-electron chi connectivity index (χ0n) is 9.52. The van der Waals surface area contributed by atoms with Crippen molar-refractivity contribution in [2.24, 2.45) is 0 Å². The highest BCUT2D eigenvalue weighted by molar-refractivity contribution is 5.85. The Morgan fingerprint density at radius 1 is 1.31 bits per heavy atom. The van der Waals surface area contributed by atoms with Gasteiger partial charge in [0, 0.05) is 17.6 Å². The van der Waals surface area contributed by atoms with Gasteiger partial charge in [-0.3, -0.25) is 0 Å². The molecule has 0 saturated carbocycles. The number of hydrogen-bond acceptors (Lipinski definition) is 1. The highest BCUT2D eigenvalue weighted by Gasteiger charge is 2.30. The van der Waals surface area contributed by atoms with Crippen LogP contribution in [-0.2, 0) is 12.0 Å².